The zero-order valence-corrected chi connectivity index (χ0v) is 19.6. The lowest BCUT2D eigenvalue weighted by Crippen LogP contribution is -2.43. The molecule has 9 nitrogen and oxygen atoms in total. The van der Waals surface area contributed by atoms with Gasteiger partial charge in [0.25, 0.3) is 5.91 Å². The maximum atomic E-state index is 12.6. The number of ether oxygens (including phenoxy) is 1. The summed E-state index contributed by atoms with van der Waals surface area (Å²) in [5.74, 6) is -0.975. The first-order valence-electron chi connectivity index (χ1n) is 11.2. The number of carbonyl (C=O) groups excluding carboxylic acids is 4. The lowest BCUT2D eigenvalue weighted by Gasteiger charge is -2.26. The van der Waals surface area contributed by atoms with Crippen LogP contribution in [0.5, 0.6) is 0 Å². The van der Waals surface area contributed by atoms with Gasteiger partial charge in [0.1, 0.15) is 5.60 Å². The third-order valence-corrected chi connectivity index (χ3v) is 4.97. The zero-order valence-electron chi connectivity index (χ0n) is 19.6. The Hall–Kier alpha value is -3.88. The topological polar surface area (TPSA) is 117 Å². The minimum atomic E-state index is -0.552. The van der Waals surface area contributed by atoms with E-state index in [9.17, 15) is 19.2 Å². The molecule has 3 rings (SSSR count). The molecule has 3 N–H and O–H groups in total. The molecule has 0 radical (unpaired) electrons. The third-order valence-electron chi connectivity index (χ3n) is 4.97. The van der Waals surface area contributed by atoms with Crippen molar-refractivity contribution in [3.05, 3.63) is 59.7 Å². The lowest BCUT2D eigenvalue weighted by molar-refractivity contribution is -0.128. The molecule has 0 saturated carbocycles. The quantitative estimate of drug-likeness (QED) is 0.406. The number of amides is 4. The summed E-state index contributed by atoms with van der Waals surface area (Å²) in [5, 5.41) is 8.61. The number of benzene rings is 2. The number of hydrogen-bond acceptors (Lipinski definition) is 6. The molecule has 0 spiro atoms. The van der Waals surface area contributed by atoms with Crippen LogP contribution >= 0.6 is 0 Å². The molecule has 34 heavy (non-hydrogen) atoms. The number of hydrogen-bond donors (Lipinski definition) is 3. The molecule has 0 fully saturated rings. The van der Waals surface area contributed by atoms with Gasteiger partial charge >= 0.3 is 6.09 Å². The molecule has 2 aromatic rings. The minimum Gasteiger partial charge on any atom is -0.444 e. The van der Waals surface area contributed by atoms with Gasteiger partial charge in [-0.05, 0) is 50.6 Å². The van der Waals surface area contributed by atoms with Crippen LogP contribution in [0.4, 0.5) is 16.2 Å². The van der Waals surface area contributed by atoms with Crippen LogP contribution in [-0.2, 0) is 20.7 Å². The predicted octanol–water partition coefficient (Wildman–Crippen LogP) is 3.18. The van der Waals surface area contributed by atoms with E-state index < -0.39 is 11.7 Å². The molecule has 0 saturated heterocycles. The molecule has 1 aliphatic rings. The normalized spacial score (nSPS) is 13.2. The van der Waals surface area contributed by atoms with Gasteiger partial charge in [0, 0.05) is 43.0 Å². The summed E-state index contributed by atoms with van der Waals surface area (Å²) in [4.78, 5) is 50.2. The van der Waals surface area contributed by atoms with E-state index >= 15 is 0 Å². The summed E-state index contributed by atoms with van der Waals surface area (Å²) in [6.07, 6.45) is -0.332. The highest BCUT2D eigenvalue weighted by molar-refractivity contribution is 6.10. The van der Waals surface area contributed by atoms with Gasteiger partial charge in [-0.1, -0.05) is 24.3 Å². The number of imide groups is 1. The van der Waals surface area contributed by atoms with E-state index in [2.05, 4.69) is 16.0 Å². The van der Waals surface area contributed by atoms with E-state index in [0.717, 1.165) is 10.6 Å². The van der Waals surface area contributed by atoms with Crippen LogP contribution < -0.4 is 16.0 Å². The van der Waals surface area contributed by atoms with E-state index in [-0.39, 0.29) is 37.1 Å². The van der Waals surface area contributed by atoms with Crippen LogP contribution in [0.1, 0.15) is 43.1 Å². The number of fused-ring (bicyclic) bond motifs is 1. The Morgan fingerprint density at radius 1 is 1.00 bits per heavy atom. The highest BCUT2D eigenvalue weighted by Crippen LogP contribution is 2.20. The second-order valence-electron chi connectivity index (χ2n) is 8.92. The van der Waals surface area contributed by atoms with Crippen molar-refractivity contribution >= 4 is 35.2 Å². The molecule has 2 aromatic carbocycles. The van der Waals surface area contributed by atoms with Gasteiger partial charge in [-0.3, -0.25) is 19.3 Å². The second kappa shape index (κ2) is 10.8. The van der Waals surface area contributed by atoms with Gasteiger partial charge in [-0.25, -0.2) is 4.79 Å². The standard InChI is InChI=1S/C25H30N4O5/c1-25(2,3)34-24(33)27-13-12-26-18-8-6-9-19(16-18)28-21(30)11-14-29-22(31)15-17-7-4-5-10-20(17)23(29)32/h4-10,16,26H,11-15H2,1-3H3,(H,27,33)(H,28,30). The molecule has 180 valence electrons. The Labute approximate surface area is 198 Å². The number of nitrogens with one attached hydrogen (secondary N) is 3. The highest BCUT2D eigenvalue weighted by Gasteiger charge is 2.30. The first kappa shape index (κ1) is 24.8. The minimum absolute atomic E-state index is 0.00287. The largest absolute Gasteiger partial charge is 0.444 e. The molecule has 4 amide bonds. The van der Waals surface area contributed by atoms with Crippen molar-refractivity contribution in [3.63, 3.8) is 0 Å². The fourth-order valence-electron chi connectivity index (χ4n) is 3.46. The van der Waals surface area contributed by atoms with Crippen molar-refractivity contribution in [3.8, 4) is 0 Å². The molecule has 0 aromatic heterocycles. The second-order valence-corrected chi connectivity index (χ2v) is 8.92. The summed E-state index contributed by atoms with van der Waals surface area (Å²) < 4.78 is 5.18. The Morgan fingerprint density at radius 3 is 2.50 bits per heavy atom. The molecular weight excluding hydrogens is 436 g/mol. The van der Waals surface area contributed by atoms with Gasteiger partial charge in [0.2, 0.25) is 11.8 Å². The number of alkyl carbamates (subject to hydrolysis) is 1. The van der Waals surface area contributed by atoms with Gasteiger partial charge < -0.3 is 20.7 Å². The summed E-state index contributed by atoms with van der Waals surface area (Å²) >= 11 is 0. The highest BCUT2D eigenvalue weighted by atomic mass is 16.6. The van der Waals surface area contributed by atoms with Crippen LogP contribution in [0.2, 0.25) is 0 Å². The molecule has 0 unspecified atom stereocenters. The summed E-state index contributed by atoms with van der Waals surface area (Å²) in [7, 11) is 0. The van der Waals surface area contributed by atoms with Crippen LogP contribution in [0.3, 0.4) is 0 Å². The maximum Gasteiger partial charge on any atom is 0.407 e. The molecule has 0 aliphatic carbocycles. The first-order chi connectivity index (χ1) is 16.1. The number of carbonyl (C=O) groups is 4. The van der Waals surface area contributed by atoms with Crippen molar-refractivity contribution in [1.82, 2.24) is 10.2 Å². The Morgan fingerprint density at radius 2 is 1.74 bits per heavy atom. The summed E-state index contributed by atoms with van der Waals surface area (Å²) in [6, 6.07) is 14.1. The van der Waals surface area contributed by atoms with E-state index in [1.807, 2.05) is 6.07 Å². The van der Waals surface area contributed by atoms with Gasteiger partial charge in [0.15, 0.2) is 0 Å². The molecular formula is C25H30N4O5. The van der Waals surface area contributed by atoms with Crippen molar-refractivity contribution in [2.45, 2.75) is 39.2 Å². The smallest absolute Gasteiger partial charge is 0.407 e. The molecule has 1 aliphatic heterocycles. The first-order valence-corrected chi connectivity index (χ1v) is 11.2. The Kier molecular flexibility index (Phi) is 7.88. The van der Waals surface area contributed by atoms with Crippen molar-refractivity contribution < 1.29 is 23.9 Å². The monoisotopic (exact) mass is 466 g/mol. The molecule has 0 bridgehead atoms. The Balaban J connectivity index is 1.45. The molecule has 9 heteroatoms. The third kappa shape index (κ3) is 7.06. The number of nitrogens with zero attached hydrogens (tertiary/aromatic N) is 1. The number of anilines is 2. The summed E-state index contributed by atoms with van der Waals surface area (Å²) in [5.41, 5.74) is 2.01. The van der Waals surface area contributed by atoms with Crippen molar-refractivity contribution in [2.75, 3.05) is 30.3 Å². The van der Waals surface area contributed by atoms with Crippen LogP contribution in [0.25, 0.3) is 0 Å². The van der Waals surface area contributed by atoms with Crippen LogP contribution in [-0.4, -0.2) is 54.0 Å². The average Bonchev–Trinajstić information content (AvgIpc) is 2.75. The zero-order chi connectivity index (χ0) is 24.7. The molecule has 1 heterocycles. The fraction of sp³-hybridized carbons (Fsp3) is 0.360. The lowest BCUT2D eigenvalue weighted by atomic mass is 9.98. The van der Waals surface area contributed by atoms with Crippen LogP contribution in [0, 0.1) is 0 Å². The van der Waals surface area contributed by atoms with E-state index in [0.29, 0.717) is 29.9 Å². The SMILES string of the molecule is CC(C)(C)OC(=O)NCCNc1cccc(NC(=O)CCN2C(=O)Cc3ccccc3C2=O)c1. The van der Waals surface area contributed by atoms with Gasteiger partial charge in [-0.15, -0.1) is 0 Å². The fourth-order valence-corrected chi connectivity index (χ4v) is 3.46. The average molecular weight is 467 g/mol. The maximum absolute atomic E-state index is 12.6. The predicted molar refractivity (Wildman–Crippen MR) is 129 cm³/mol. The van der Waals surface area contributed by atoms with E-state index in [1.165, 1.54) is 0 Å². The van der Waals surface area contributed by atoms with Gasteiger partial charge in [0.05, 0.1) is 6.42 Å². The van der Waals surface area contributed by atoms with Crippen molar-refractivity contribution in [2.24, 2.45) is 0 Å². The molecule has 0 atom stereocenters. The van der Waals surface area contributed by atoms with Gasteiger partial charge in [-0.2, -0.15) is 0 Å². The van der Waals surface area contributed by atoms with E-state index in [4.69, 9.17) is 4.74 Å². The van der Waals surface area contributed by atoms with Crippen molar-refractivity contribution in [1.29, 1.82) is 0 Å². The van der Waals surface area contributed by atoms with Crippen LogP contribution in [0.15, 0.2) is 48.5 Å². The summed E-state index contributed by atoms with van der Waals surface area (Å²) in [6.45, 7) is 6.25. The number of rotatable bonds is 8. The van der Waals surface area contributed by atoms with E-state index in [1.54, 1.807) is 63.2 Å². The Bertz CT molecular complexity index is 1080.